The molecule has 0 spiro atoms. The highest BCUT2D eigenvalue weighted by Gasteiger charge is 2.33. The zero-order valence-corrected chi connectivity index (χ0v) is 18.0. The van der Waals surface area contributed by atoms with E-state index in [9.17, 15) is 4.39 Å². The lowest BCUT2D eigenvalue weighted by Gasteiger charge is -2.37. The fourth-order valence-electron chi connectivity index (χ4n) is 3.64. The third-order valence-corrected chi connectivity index (χ3v) is 5.53. The molecule has 1 unspecified atom stereocenters. The Bertz CT molecular complexity index is 1110. The van der Waals surface area contributed by atoms with E-state index >= 15 is 0 Å². The van der Waals surface area contributed by atoms with Crippen molar-refractivity contribution >= 4 is 22.9 Å². The molecule has 3 aromatic rings. The first-order valence-corrected chi connectivity index (χ1v) is 10.3. The van der Waals surface area contributed by atoms with E-state index in [-0.39, 0.29) is 11.9 Å². The summed E-state index contributed by atoms with van der Waals surface area (Å²) >= 11 is 5.64. The van der Waals surface area contributed by atoms with Gasteiger partial charge in [-0.3, -0.25) is 0 Å². The number of aromatic nitrogens is 2. The third kappa shape index (κ3) is 3.85. The summed E-state index contributed by atoms with van der Waals surface area (Å²) in [6.07, 6.45) is 0.944. The zero-order valence-electron chi connectivity index (χ0n) is 17.1. The van der Waals surface area contributed by atoms with Gasteiger partial charge < -0.3 is 14.7 Å². The van der Waals surface area contributed by atoms with E-state index in [0.717, 1.165) is 29.8 Å². The maximum absolute atomic E-state index is 13.6. The fraction of sp³-hybridized carbons (Fsp3) is 0.261. The topological polar surface area (TPSA) is 54.2 Å². The monoisotopic (exact) mass is 422 g/mol. The number of allylic oxidation sites excluding steroid dienone is 1. The number of rotatable bonds is 5. The molecule has 1 N–H and O–H groups in total. The summed E-state index contributed by atoms with van der Waals surface area (Å²) in [4.78, 5) is 6.65. The minimum atomic E-state index is -0.342. The van der Waals surface area contributed by atoms with Crippen molar-refractivity contribution in [1.29, 1.82) is 0 Å². The molecule has 154 valence electrons. The number of thiocarbonyl (C=S) groups is 1. The number of hydrogen-bond acceptors (Lipinski definition) is 4. The van der Waals surface area contributed by atoms with Gasteiger partial charge in [0.05, 0.1) is 11.6 Å². The van der Waals surface area contributed by atoms with Gasteiger partial charge in [-0.1, -0.05) is 54.0 Å². The molecule has 0 saturated carbocycles. The Morgan fingerprint density at radius 2 is 1.93 bits per heavy atom. The summed E-state index contributed by atoms with van der Waals surface area (Å²) < 4.78 is 19.3. The van der Waals surface area contributed by atoms with Crippen LogP contribution in [0.4, 0.5) is 4.39 Å². The van der Waals surface area contributed by atoms with E-state index in [0.29, 0.717) is 22.4 Å². The van der Waals surface area contributed by atoms with Gasteiger partial charge in [-0.25, -0.2) is 4.39 Å². The minimum Gasteiger partial charge on any atom is -0.351 e. The molecule has 5 nitrogen and oxygen atoms in total. The van der Waals surface area contributed by atoms with Gasteiger partial charge in [0.1, 0.15) is 5.82 Å². The van der Waals surface area contributed by atoms with Crippen LogP contribution in [0.3, 0.4) is 0 Å². The molecule has 0 aliphatic carbocycles. The number of aryl methyl sites for hydroxylation is 1. The highest BCUT2D eigenvalue weighted by molar-refractivity contribution is 7.80. The molecule has 7 heteroatoms. The summed E-state index contributed by atoms with van der Waals surface area (Å²) in [5, 5.41) is 8.21. The summed E-state index contributed by atoms with van der Waals surface area (Å²) in [6, 6.07) is 14.2. The lowest BCUT2D eigenvalue weighted by atomic mass is 9.94. The SMILES string of the molecule is CCCN1C(=S)NC(c2ccc(C)cc2)C(c2nc(-c3cccc(F)c3)no2)=C1C. The molecule has 4 rings (SSSR count). The molecule has 1 aliphatic heterocycles. The Kier molecular flexibility index (Phi) is 5.63. The molecule has 2 heterocycles. The number of nitrogens with one attached hydrogen (secondary N) is 1. The normalized spacial score (nSPS) is 16.7. The molecule has 30 heavy (non-hydrogen) atoms. The number of benzene rings is 2. The fourth-order valence-corrected chi connectivity index (χ4v) is 3.98. The zero-order chi connectivity index (χ0) is 21.3. The van der Waals surface area contributed by atoms with Gasteiger partial charge >= 0.3 is 0 Å². The van der Waals surface area contributed by atoms with Gasteiger partial charge in [0.25, 0.3) is 5.89 Å². The first-order valence-electron chi connectivity index (χ1n) is 9.93. The van der Waals surface area contributed by atoms with Gasteiger partial charge in [0.15, 0.2) is 5.11 Å². The molecule has 0 saturated heterocycles. The molecule has 2 aromatic carbocycles. The second kappa shape index (κ2) is 8.36. The second-order valence-corrected chi connectivity index (χ2v) is 7.76. The highest BCUT2D eigenvalue weighted by Crippen LogP contribution is 2.37. The van der Waals surface area contributed by atoms with Crippen molar-refractivity contribution in [3.63, 3.8) is 0 Å². The van der Waals surface area contributed by atoms with Crippen molar-refractivity contribution in [2.75, 3.05) is 6.54 Å². The number of nitrogens with zero attached hydrogens (tertiary/aromatic N) is 3. The van der Waals surface area contributed by atoms with Gasteiger partial charge in [-0.2, -0.15) is 4.98 Å². The molecular weight excluding hydrogens is 399 g/mol. The van der Waals surface area contributed by atoms with E-state index in [1.165, 1.54) is 17.7 Å². The molecule has 0 fully saturated rings. The number of hydrogen-bond donors (Lipinski definition) is 1. The van der Waals surface area contributed by atoms with Crippen molar-refractivity contribution in [2.24, 2.45) is 0 Å². The number of halogens is 1. The van der Waals surface area contributed by atoms with E-state index in [2.05, 4.69) is 58.5 Å². The lowest BCUT2D eigenvalue weighted by Crippen LogP contribution is -2.46. The highest BCUT2D eigenvalue weighted by atomic mass is 32.1. The Labute approximate surface area is 180 Å². The molecule has 0 amide bonds. The van der Waals surface area contributed by atoms with Crippen molar-refractivity contribution in [2.45, 2.75) is 33.2 Å². The van der Waals surface area contributed by atoms with Gasteiger partial charge in [-0.15, -0.1) is 0 Å². The van der Waals surface area contributed by atoms with E-state index < -0.39 is 0 Å². The maximum atomic E-state index is 13.6. The van der Waals surface area contributed by atoms with Gasteiger partial charge in [0.2, 0.25) is 5.82 Å². The largest absolute Gasteiger partial charge is 0.351 e. The Morgan fingerprint density at radius 1 is 1.17 bits per heavy atom. The predicted octanol–water partition coefficient (Wildman–Crippen LogP) is 5.26. The lowest BCUT2D eigenvalue weighted by molar-refractivity contribution is 0.396. The van der Waals surface area contributed by atoms with Crippen molar-refractivity contribution in [3.8, 4) is 11.4 Å². The molecule has 1 aliphatic rings. The van der Waals surface area contributed by atoms with Crippen LogP contribution >= 0.6 is 12.2 Å². The van der Waals surface area contributed by atoms with Crippen molar-refractivity contribution in [3.05, 3.63) is 77.1 Å². The van der Waals surface area contributed by atoms with Crippen LogP contribution in [-0.2, 0) is 0 Å². The predicted molar refractivity (Wildman–Crippen MR) is 119 cm³/mol. The Hall–Kier alpha value is -3.06. The van der Waals surface area contributed by atoms with Crippen LogP contribution in [0.2, 0.25) is 0 Å². The first-order chi connectivity index (χ1) is 14.5. The maximum Gasteiger partial charge on any atom is 0.258 e. The van der Waals surface area contributed by atoms with E-state index in [4.69, 9.17) is 16.7 Å². The van der Waals surface area contributed by atoms with Crippen molar-refractivity contribution < 1.29 is 8.91 Å². The molecule has 0 radical (unpaired) electrons. The second-order valence-electron chi connectivity index (χ2n) is 7.38. The molecular formula is C23H23FN4OS. The van der Waals surface area contributed by atoms with Gasteiger partial charge in [-0.05, 0) is 50.2 Å². The van der Waals surface area contributed by atoms with E-state index in [1.807, 2.05) is 6.92 Å². The van der Waals surface area contributed by atoms with Crippen LogP contribution in [-0.4, -0.2) is 26.7 Å². The Balaban J connectivity index is 1.81. The minimum absolute atomic E-state index is 0.216. The average molecular weight is 423 g/mol. The molecule has 1 atom stereocenters. The molecule has 0 bridgehead atoms. The van der Waals surface area contributed by atoms with Crippen LogP contribution in [0.25, 0.3) is 17.0 Å². The van der Waals surface area contributed by atoms with E-state index in [1.54, 1.807) is 12.1 Å². The smallest absolute Gasteiger partial charge is 0.258 e. The van der Waals surface area contributed by atoms with Crippen LogP contribution in [0.5, 0.6) is 0 Å². The summed E-state index contributed by atoms with van der Waals surface area (Å²) in [5.74, 6) is 0.404. The molecule has 1 aromatic heterocycles. The third-order valence-electron chi connectivity index (χ3n) is 5.19. The summed E-state index contributed by atoms with van der Waals surface area (Å²) in [7, 11) is 0. The quantitative estimate of drug-likeness (QED) is 0.566. The van der Waals surface area contributed by atoms with Crippen molar-refractivity contribution in [1.82, 2.24) is 20.4 Å². The van der Waals surface area contributed by atoms with Gasteiger partial charge in [0, 0.05) is 17.8 Å². The summed E-state index contributed by atoms with van der Waals surface area (Å²) in [5.41, 5.74) is 4.65. The first kappa shape index (κ1) is 20.2. The van der Waals surface area contributed by atoms with Crippen LogP contribution in [0.15, 0.2) is 58.8 Å². The average Bonchev–Trinajstić information content (AvgIpc) is 3.21. The summed E-state index contributed by atoms with van der Waals surface area (Å²) in [6.45, 7) is 6.96. The van der Waals surface area contributed by atoms with Crippen LogP contribution in [0.1, 0.15) is 43.3 Å². The van der Waals surface area contributed by atoms with Crippen LogP contribution < -0.4 is 5.32 Å². The van der Waals surface area contributed by atoms with Crippen LogP contribution in [0, 0.1) is 12.7 Å². The Morgan fingerprint density at radius 3 is 2.63 bits per heavy atom. The standard InChI is InChI=1S/C23H23FN4OS/c1-4-12-28-15(3)19(20(25-23(28)30)16-10-8-14(2)9-11-16)22-26-21(27-29-22)17-6-5-7-18(24)13-17/h5-11,13,20H,4,12H2,1-3H3,(H,25,30).